The second kappa shape index (κ2) is 5.05. The molecule has 0 radical (unpaired) electrons. The zero-order chi connectivity index (χ0) is 10.6. The van der Waals surface area contributed by atoms with Gasteiger partial charge in [0.25, 0.3) is 0 Å². The van der Waals surface area contributed by atoms with Crippen LogP contribution in [0.1, 0.15) is 24.1 Å². The van der Waals surface area contributed by atoms with Crippen molar-refractivity contribution in [2.75, 3.05) is 6.54 Å². The number of terminal acetylenes is 1. The maximum Gasteiger partial charge on any atom is 0.0946 e. The van der Waals surface area contributed by atoms with E-state index in [1.165, 1.54) is 5.56 Å². The Labute approximate surface area is 90.5 Å². The number of aryl methyl sites for hydroxylation is 1. The molecule has 1 aromatic carbocycles. The SMILES string of the molecule is C#CC(NCC)c1cc(Cl)ccc1C. The van der Waals surface area contributed by atoms with Gasteiger partial charge in [0.1, 0.15) is 0 Å². The van der Waals surface area contributed by atoms with Gasteiger partial charge in [-0.2, -0.15) is 0 Å². The molecule has 14 heavy (non-hydrogen) atoms. The second-order valence-electron chi connectivity index (χ2n) is 3.16. The van der Waals surface area contributed by atoms with Gasteiger partial charge in [0.15, 0.2) is 0 Å². The number of benzene rings is 1. The number of hydrogen-bond donors (Lipinski definition) is 1. The van der Waals surface area contributed by atoms with E-state index in [0.29, 0.717) is 0 Å². The van der Waals surface area contributed by atoms with Crippen LogP contribution >= 0.6 is 11.6 Å². The van der Waals surface area contributed by atoms with E-state index >= 15 is 0 Å². The van der Waals surface area contributed by atoms with Crippen LogP contribution in [0, 0.1) is 19.3 Å². The highest BCUT2D eigenvalue weighted by Crippen LogP contribution is 2.21. The van der Waals surface area contributed by atoms with E-state index in [4.69, 9.17) is 18.0 Å². The summed E-state index contributed by atoms with van der Waals surface area (Å²) in [6.07, 6.45) is 5.45. The van der Waals surface area contributed by atoms with Crippen molar-refractivity contribution in [2.45, 2.75) is 19.9 Å². The zero-order valence-electron chi connectivity index (χ0n) is 8.47. The summed E-state index contributed by atoms with van der Waals surface area (Å²) in [5.41, 5.74) is 2.25. The topological polar surface area (TPSA) is 12.0 Å². The molecule has 1 rings (SSSR count). The summed E-state index contributed by atoms with van der Waals surface area (Å²) in [6, 6.07) is 5.74. The lowest BCUT2D eigenvalue weighted by atomic mass is 10.0. The summed E-state index contributed by atoms with van der Waals surface area (Å²) in [6.45, 7) is 4.92. The molecule has 1 unspecified atom stereocenters. The Morgan fingerprint density at radius 1 is 1.57 bits per heavy atom. The molecule has 0 aliphatic rings. The summed E-state index contributed by atoms with van der Waals surface area (Å²) in [5.74, 6) is 2.72. The lowest BCUT2D eigenvalue weighted by molar-refractivity contribution is 0.662. The fraction of sp³-hybridized carbons (Fsp3) is 0.333. The third kappa shape index (κ3) is 2.51. The molecule has 2 heteroatoms. The summed E-state index contributed by atoms with van der Waals surface area (Å²) < 4.78 is 0. The molecule has 1 atom stereocenters. The van der Waals surface area contributed by atoms with E-state index in [1.54, 1.807) is 0 Å². The van der Waals surface area contributed by atoms with Gasteiger partial charge in [-0.1, -0.05) is 30.5 Å². The number of hydrogen-bond acceptors (Lipinski definition) is 1. The third-order valence-corrected chi connectivity index (χ3v) is 2.36. The van der Waals surface area contributed by atoms with Crippen LogP contribution < -0.4 is 5.32 Å². The first-order valence-electron chi connectivity index (χ1n) is 4.64. The third-order valence-electron chi connectivity index (χ3n) is 2.13. The van der Waals surface area contributed by atoms with Crippen LogP contribution in [-0.2, 0) is 0 Å². The Kier molecular flexibility index (Phi) is 4.00. The first-order valence-corrected chi connectivity index (χ1v) is 5.02. The molecule has 0 bridgehead atoms. The molecule has 0 spiro atoms. The molecule has 0 fully saturated rings. The lowest BCUT2D eigenvalue weighted by Gasteiger charge is -2.14. The second-order valence-corrected chi connectivity index (χ2v) is 3.59. The molecule has 0 aliphatic carbocycles. The Hall–Kier alpha value is -0.970. The minimum Gasteiger partial charge on any atom is -0.300 e. The molecular weight excluding hydrogens is 194 g/mol. The Morgan fingerprint density at radius 3 is 2.86 bits per heavy atom. The molecule has 1 aromatic rings. The number of nitrogens with one attached hydrogen (secondary N) is 1. The van der Waals surface area contributed by atoms with Crippen molar-refractivity contribution in [3.63, 3.8) is 0 Å². The van der Waals surface area contributed by atoms with Crippen LogP contribution in [-0.4, -0.2) is 6.54 Å². The standard InChI is InChI=1S/C12H14ClN/c1-4-12(14-5-2)11-8-10(13)7-6-9(11)3/h1,6-8,12,14H,5H2,2-3H3. The van der Waals surface area contributed by atoms with Crippen LogP contribution in [0.15, 0.2) is 18.2 Å². The maximum atomic E-state index is 5.92. The molecule has 0 aliphatic heterocycles. The first kappa shape index (κ1) is 11.1. The molecule has 1 nitrogen and oxygen atoms in total. The fourth-order valence-corrected chi connectivity index (χ4v) is 1.57. The van der Waals surface area contributed by atoms with Crippen molar-refractivity contribution in [1.29, 1.82) is 0 Å². The summed E-state index contributed by atoms with van der Waals surface area (Å²) in [7, 11) is 0. The molecular formula is C12H14ClN. The molecule has 0 aromatic heterocycles. The normalized spacial score (nSPS) is 12.1. The molecule has 1 N–H and O–H groups in total. The average molecular weight is 208 g/mol. The van der Waals surface area contributed by atoms with Gasteiger partial charge in [0.2, 0.25) is 0 Å². The smallest absolute Gasteiger partial charge is 0.0946 e. The molecule has 0 saturated heterocycles. The first-order chi connectivity index (χ1) is 6.69. The molecule has 0 heterocycles. The van der Waals surface area contributed by atoms with Crippen LogP contribution in [0.25, 0.3) is 0 Å². The predicted octanol–water partition coefficient (Wildman–Crippen LogP) is 2.93. The van der Waals surface area contributed by atoms with Crippen LogP contribution in [0.2, 0.25) is 5.02 Å². The monoisotopic (exact) mass is 207 g/mol. The van der Waals surface area contributed by atoms with E-state index in [9.17, 15) is 0 Å². The Balaban J connectivity index is 3.03. The van der Waals surface area contributed by atoms with Crippen LogP contribution in [0.4, 0.5) is 0 Å². The van der Waals surface area contributed by atoms with Gasteiger partial charge in [0, 0.05) is 5.02 Å². The van der Waals surface area contributed by atoms with Gasteiger partial charge in [-0.15, -0.1) is 6.42 Å². The Bertz CT molecular complexity index is 352. The quantitative estimate of drug-likeness (QED) is 0.752. The van der Waals surface area contributed by atoms with Crippen molar-refractivity contribution in [3.8, 4) is 12.3 Å². The highest BCUT2D eigenvalue weighted by Gasteiger charge is 2.09. The maximum absolute atomic E-state index is 5.92. The van der Waals surface area contributed by atoms with Gasteiger partial charge >= 0.3 is 0 Å². The Morgan fingerprint density at radius 2 is 2.29 bits per heavy atom. The zero-order valence-corrected chi connectivity index (χ0v) is 9.23. The molecule has 0 saturated carbocycles. The van der Waals surface area contributed by atoms with E-state index < -0.39 is 0 Å². The molecule has 74 valence electrons. The van der Waals surface area contributed by atoms with Gasteiger partial charge in [-0.05, 0) is 36.7 Å². The van der Waals surface area contributed by atoms with Crippen molar-refractivity contribution >= 4 is 11.6 Å². The van der Waals surface area contributed by atoms with Gasteiger partial charge < -0.3 is 5.32 Å². The van der Waals surface area contributed by atoms with Crippen LogP contribution in [0.3, 0.4) is 0 Å². The van der Waals surface area contributed by atoms with E-state index in [2.05, 4.69) is 11.2 Å². The highest BCUT2D eigenvalue weighted by molar-refractivity contribution is 6.30. The minimum atomic E-state index is -0.0429. The van der Waals surface area contributed by atoms with Crippen LogP contribution in [0.5, 0.6) is 0 Å². The summed E-state index contributed by atoms with van der Waals surface area (Å²) in [4.78, 5) is 0. The van der Waals surface area contributed by atoms with Crippen molar-refractivity contribution in [1.82, 2.24) is 5.32 Å². The predicted molar refractivity (Wildman–Crippen MR) is 61.4 cm³/mol. The largest absolute Gasteiger partial charge is 0.300 e. The van der Waals surface area contributed by atoms with Gasteiger partial charge in [0.05, 0.1) is 6.04 Å². The molecule has 0 amide bonds. The van der Waals surface area contributed by atoms with Gasteiger partial charge in [-0.25, -0.2) is 0 Å². The van der Waals surface area contributed by atoms with E-state index in [1.807, 2.05) is 32.0 Å². The van der Waals surface area contributed by atoms with Crippen molar-refractivity contribution < 1.29 is 0 Å². The fourth-order valence-electron chi connectivity index (χ4n) is 1.39. The van der Waals surface area contributed by atoms with E-state index in [-0.39, 0.29) is 6.04 Å². The number of halogens is 1. The van der Waals surface area contributed by atoms with Crippen molar-refractivity contribution in [2.24, 2.45) is 0 Å². The average Bonchev–Trinajstić information content (AvgIpc) is 2.18. The van der Waals surface area contributed by atoms with Gasteiger partial charge in [-0.3, -0.25) is 0 Å². The summed E-state index contributed by atoms with van der Waals surface area (Å²) >= 11 is 5.92. The number of rotatable bonds is 3. The highest BCUT2D eigenvalue weighted by atomic mass is 35.5. The summed E-state index contributed by atoms with van der Waals surface area (Å²) in [5, 5.41) is 3.95. The van der Waals surface area contributed by atoms with E-state index in [0.717, 1.165) is 17.1 Å². The lowest BCUT2D eigenvalue weighted by Crippen LogP contribution is -2.19. The minimum absolute atomic E-state index is 0.0429. The van der Waals surface area contributed by atoms with Crippen molar-refractivity contribution in [3.05, 3.63) is 34.3 Å².